The van der Waals surface area contributed by atoms with Crippen molar-refractivity contribution in [2.75, 3.05) is 7.11 Å². The Morgan fingerprint density at radius 2 is 1.67 bits per heavy atom. The molecule has 0 aliphatic carbocycles. The maximum atomic E-state index is 12.6. The number of hydrogen-bond donors (Lipinski definition) is 0. The van der Waals surface area contributed by atoms with Gasteiger partial charge < -0.3 is 4.74 Å². The minimum atomic E-state index is 0.159. The summed E-state index contributed by atoms with van der Waals surface area (Å²) in [5.74, 6) is 0.989. The predicted octanol–water partition coefficient (Wildman–Crippen LogP) is 4.35. The molecule has 0 spiro atoms. The first-order valence-electron chi connectivity index (χ1n) is 7.17. The number of hydrogen-bond acceptors (Lipinski definition) is 2. The third-order valence-electron chi connectivity index (χ3n) is 3.90. The van der Waals surface area contributed by atoms with Gasteiger partial charge in [0.2, 0.25) is 0 Å². The van der Waals surface area contributed by atoms with E-state index in [9.17, 15) is 4.79 Å². The number of carbonyl (C=O) groups excluding carboxylic acids is 1. The third kappa shape index (κ3) is 3.33. The van der Waals surface area contributed by atoms with Gasteiger partial charge in [-0.3, -0.25) is 4.79 Å². The van der Waals surface area contributed by atoms with Crippen molar-refractivity contribution in [3.8, 4) is 5.75 Å². The van der Waals surface area contributed by atoms with Crippen LogP contribution in [0.4, 0.5) is 0 Å². The topological polar surface area (TPSA) is 26.3 Å². The van der Waals surface area contributed by atoms with E-state index in [-0.39, 0.29) is 5.78 Å². The number of ether oxygens (including phenoxy) is 1. The van der Waals surface area contributed by atoms with Crippen LogP contribution >= 0.6 is 0 Å². The molecule has 0 bridgehead atoms. The average molecular weight is 282 g/mol. The zero-order chi connectivity index (χ0) is 15.6. The molecule has 2 aromatic carbocycles. The second kappa shape index (κ2) is 6.13. The number of carbonyl (C=O) groups is 1. The molecule has 2 aromatic rings. The predicted molar refractivity (Wildman–Crippen MR) is 86.4 cm³/mol. The fourth-order valence-electron chi connectivity index (χ4n) is 2.57. The fraction of sp³-hybridized carbons (Fsp3) is 0.316. The maximum absolute atomic E-state index is 12.6. The van der Waals surface area contributed by atoms with Crippen molar-refractivity contribution in [1.82, 2.24) is 0 Å². The van der Waals surface area contributed by atoms with Crippen LogP contribution in [-0.2, 0) is 6.42 Å². The summed E-state index contributed by atoms with van der Waals surface area (Å²) < 4.78 is 5.30. The van der Waals surface area contributed by atoms with Crippen molar-refractivity contribution < 1.29 is 9.53 Å². The van der Waals surface area contributed by atoms with Crippen molar-refractivity contribution >= 4 is 5.78 Å². The minimum absolute atomic E-state index is 0.159. The van der Waals surface area contributed by atoms with Crippen LogP contribution in [0.1, 0.15) is 38.2 Å². The van der Waals surface area contributed by atoms with Gasteiger partial charge in [0.15, 0.2) is 5.78 Å². The van der Waals surface area contributed by atoms with Crippen LogP contribution in [0.5, 0.6) is 5.75 Å². The molecule has 0 aromatic heterocycles. The van der Waals surface area contributed by atoms with Gasteiger partial charge >= 0.3 is 0 Å². The molecule has 2 rings (SSSR count). The van der Waals surface area contributed by atoms with E-state index in [4.69, 9.17) is 4.74 Å². The molecule has 0 aliphatic heterocycles. The van der Waals surface area contributed by atoms with E-state index >= 15 is 0 Å². The molecule has 0 atom stereocenters. The summed E-state index contributed by atoms with van der Waals surface area (Å²) in [7, 11) is 1.65. The molecule has 110 valence electrons. The molecule has 21 heavy (non-hydrogen) atoms. The summed E-state index contributed by atoms with van der Waals surface area (Å²) in [6.45, 7) is 8.02. The number of rotatable bonds is 4. The Hall–Kier alpha value is -2.09. The molecule has 0 heterocycles. The van der Waals surface area contributed by atoms with Crippen LogP contribution in [0.2, 0.25) is 0 Å². The molecule has 2 heteroatoms. The zero-order valence-electron chi connectivity index (χ0n) is 13.4. The van der Waals surface area contributed by atoms with E-state index in [1.165, 1.54) is 5.56 Å². The Labute approximate surface area is 126 Å². The van der Waals surface area contributed by atoms with E-state index in [1.54, 1.807) is 7.11 Å². The lowest BCUT2D eigenvalue weighted by Crippen LogP contribution is -2.08. The molecule has 0 amide bonds. The van der Waals surface area contributed by atoms with Crippen LogP contribution in [0, 0.1) is 27.7 Å². The van der Waals surface area contributed by atoms with Gasteiger partial charge in [0.05, 0.1) is 7.11 Å². The van der Waals surface area contributed by atoms with Crippen molar-refractivity contribution in [1.29, 1.82) is 0 Å². The first kappa shape index (κ1) is 15.3. The largest absolute Gasteiger partial charge is 0.496 e. The Morgan fingerprint density at radius 1 is 0.952 bits per heavy atom. The van der Waals surface area contributed by atoms with E-state index in [0.717, 1.165) is 33.6 Å². The van der Waals surface area contributed by atoms with Crippen LogP contribution in [-0.4, -0.2) is 12.9 Å². The summed E-state index contributed by atoms with van der Waals surface area (Å²) in [4.78, 5) is 12.6. The second-order valence-corrected chi connectivity index (χ2v) is 5.67. The lowest BCUT2D eigenvalue weighted by Gasteiger charge is -2.12. The molecule has 0 N–H and O–H groups in total. The van der Waals surface area contributed by atoms with Crippen molar-refractivity contribution in [3.63, 3.8) is 0 Å². The lowest BCUT2D eigenvalue weighted by molar-refractivity contribution is 0.0992. The monoisotopic (exact) mass is 282 g/mol. The first-order valence-corrected chi connectivity index (χ1v) is 7.17. The molecule has 0 saturated heterocycles. The van der Waals surface area contributed by atoms with Gasteiger partial charge in [0.1, 0.15) is 5.75 Å². The number of ketones is 1. The van der Waals surface area contributed by atoms with E-state index in [2.05, 4.69) is 25.1 Å². The highest BCUT2D eigenvalue weighted by atomic mass is 16.5. The summed E-state index contributed by atoms with van der Waals surface area (Å²) in [5, 5.41) is 0. The second-order valence-electron chi connectivity index (χ2n) is 5.67. The van der Waals surface area contributed by atoms with E-state index < -0.39 is 0 Å². The van der Waals surface area contributed by atoms with Gasteiger partial charge in [0.25, 0.3) is 0 Å². The highest BCUT2D eigenvalue weighted by Gasteiger charge is 2.14. The van der Waals surface area contributed by atoms with Crippen molar-refractivity contribution in [3.05, 3.63) is 63.7 Å². The Bertz CT molecular complexity index is 684. The number of aryl methyl sites for hydroxylation is 4. The highest BCUT2D eigenvalue weighted by Crippen LogP contribution is 2.24. The summed E-state index contributed by atoms with van der Waals surface area (Å²) in [6, 6.07) is 10.1. The normalized spacial score (nSPS) is 10.5. The average Bonchev–Trinajstić information content (AvgIpc) is 2.44. The Kier molecular flexibility index (Phi) is 4.46. The van der Waals surface area contributed by atoms with Crippen molar-refractivity contribution in [2.45, 2.75) is 34.1 Å². The standard InChI is InChI=1S/C19H22O2/c1-12-6-7-13(2)16(8-12)11-18(20)17-9-15(4)19(21-5)10-14(17)3/h6-10H,11H2,1-5H3. The lowest BCUT2D eigenvalue weighted by atomic mass is 9.94. The maximum Gasteiger partial charge on any atom is 0.167 e. The molecule has 0 fully saturated rings. The third-order valence-corrected chi connectivity index (χ3v) is 3.90. The summed E-state index contributed by atoms with van der Waals surface area (Å²) in [6.07, 6.45) is 0.445. The molecule has 2 nitrogen and oxygen atoms in total. The van der Waals surface area contributed by atoms with Crippen LogP contribution < -0.4 is 4.74 Å². The minimum Gasteiger partial charge on any atom is -0.496 e. The van der Waals surface area contributed by atoms with Gasteiger partial charge in [-0.1, -0.05) is 23.8 Å². The van der Waals surface area contributed by atoms with Crippen LogP contribution in [0.3, 0.4) is 0 Å². The quantitative estimate of drug-likeness (QED) is 0.779. The highest BCUT2D eigenvalue weighted by molar-refractivity contribution is 5.99. The summed E-state index contributed by atoms with van der Waals surface area (Å²) in [5.41, 5.74) is 6.20. The van der Waals surface area contributed by atoms with Crippen LogP contribution in [0.25, 0.3) is 0 Å². The smallest absolute Gasteiger partial charge is 0.167 e. The summed E-state index contributed by atoms with van der Waals surface area (Å²) >= 11 is 0. The first-order chi connectivity index (χ1) is 9.92. The Balaban J connectivity index is 2.32. The Morgan fingerprint density at radius 3 is 2.33 bits per heavy atom. The number of Topliss-reactive ketones (excluding diaryl/α,β-unsaturated/α-hetero) is 1. The van der Waals surface area contributed by atoms with Gasteiger partial charge in [-0.25, -0.2) is 0 Å². The number of methoxy groups -OCH3 is 1. The van der Waals surface area contributed by atoms with E-state index in [1.807, 2.05) is 32.9 Å². The molecule has 0 radical (unpaired) electrons. The van der Waals surface area contributed by atoms with Gasteiger partial charge in [-0.15, -0.1) is 0 Å². The van der Waals surface area contributed by atoms with Gasteiger partial charge in [-0.2, -0.15) is 0 Å². The van der Waals surface area contributed by atoms with E-state index in [0.29, 0.717) is 6.42 Å². The SMILES string of the molecule is COc1cc(C)c(C(=O)Cc2cc(C)ccc2C)cc1C. The molecule has 0 saturated carbocycles. The molecular weight excluding hydrogens is 260 g/mol. The van der Waals surface area contributed by atoms with Crippen LogP contribution in [0.15, 0.2) is 30.3 Å². The van der Waals surface area contributed by atoms with Crippen molar-refractivity contribution in [2.24, 2.45) is 0 Å². The fourth-order valence-corrected chi connectivity index (χ4v) is 2.57. The molecule has 0 unspecified atom stereocenters. The van der Waals surface area contributed by atoms with Gasteiger partial charge in [-0.05, 0) is 62.1 Å². The number of benzene rings is 2. The van der Waals surface area contributed by atoms with Gasteiger partial charge in [0, 0.05) is 12.0 Å². The molecular formula is C19H22O2. The molecule has 0 aliphatic rings. The zero-order valence-corrected chi connectivity index (χ0v) is 13.4.